The molecule has 1 aliphatic carbocycles. The van der Waals surface area contributed by atoms with Crippen LogP contribution in [0.3, 0.4) is 0 Å². The molecule has 2 unspecified atom stereocenters. The maximum Gasteiger partial charge on any atom is 0.0587 e. The van der Waals surface area contributed by atoms with Gasteiger partial charge in [-0.15, -0.1) is 0 Å². The molecule has 94 valence electrons. The maximum atomic E-state index is 5.06. The number of methoxy groups -OCH3 is 1. The first-order valence-corrected chi connectivity index (χ1v) is 6.46. The standard InChI is InChI=1S/C15H23NO/c1-12-4-6-14(7-5-12)15(10-13(15)2)11-16-8-9-17-3/h4-7,13,16H,8-11H2,1-3H3. The molecule has 17 heavy (non-hydrogen) atoms. The van der Waals surface area contributed by atoms with Crippen molar-refractivity contribution in [1.82, 2.24) is 5.32 Å². The van der Waals surface area contributed by atoms with Crippen molar-refractivity contribution >= 4 is 0 Å². The Hall–Kier alpha value is -0.860. The molecule has 1 aromatic carbocycles. The van der Waals surface area contributed by atoms with Crippen LogP contribution in [-0.2, 0) is 10.2 Å². The van der Waals surface area contributed by atoms with E-state index in [2.05, 4.69) is 43.4 Å². The molecule has 0 bridgehead atoms. The summed E-state index contributed by atoms with van der Waals surface area (Å²) in [5.74, 6) is 0.792. The first kappa shape index (κ1) is 12.6. The van der Waals surface area contributed by atoms with Gasteiger partial charge in [0.2, 0.25) is 0 Å². The minimum absolute atomic E-state index is 0.376. The second-order valence-corrected chi connectivity index (χ2v) is 5.30. The molecule has 2 atom stereocenters. The third-order valence-corrected chi connectivity index (χ3v) is 4.00. The average Bonchev–Trinajstić information content (AvgIpc) is 2.98. The molecule has 1 N–H and O–H groups in total. The zero-order valence-electron chi connectivity index (χ0n) is 11.1. The van der Waals surface area contributed by atoms with Gasteiger partial charge in [0.1, 0.15) is 0 Å². The van der Waals surface area contributed by atoms with Gasteiger partial charge < -0.3 is 10.1 Å². The Kier molecular flexibility index (Phi) is 3.85. The van der Waals surface area contributed by atoms with Crippen LogP contribution in [0.2, 0.25) is 0 Å². The van der Waals surface area contributed by atoms with Gasteiger partial charge in [-0.2, -0.15) is 0 Å². The fraction of sp³-hybridized carbons (Fsp3) is 0.600. The molecule has 1 aliphatic rings. The van der Waals surface area contributed by atoms with Crippen molar-refractivity contribution in [1.29, 1.82) is 0 Å². The SMILES string of the molecule is COCCNCC1(c2ccc(C)cc2)CC1C. The van der Waals surface area contributed by atoms with Crippen molar-refractivity contribution in [2.24, 2.45) is 5.92 Å². The van der Waals surface area contributed by atoms with E-state index in [9.17, 15) is 0 Å². The topological polar surface area (TPSA) is 21.3 Å². The Balaban J connectivity index is 1.98. The van der Waals surface area contributed by atoms with E-state index < -0.39 is 0 Å². The lowest BCUT2D eigenvalue weighted by molar-refractivity contribution is 0.198. The van der Waals surface area contributed by atoms with E-state index in [0.29, 0.717) is 5.41 Å². The number of benzene rings is 1. The van der Waals surface area contributed by atoms with Crippen LogP contribution >= 0.6 is 0 Å². The van der Waals surface area contributed by atoms with Gasteiger partial charge in [0.15, 0.2) is 0 Å². The van der Waals surface area contributed by atoms with E-state index in [0.717, 1.165) is 25.6 Å². The first-order valence-electron chi connectivity index (χ1n) is 6.46. The molecule has 0 saturated heterocycles. The molecule has 1 saturated carbocycles. The molecular weight excluding hydrogens is 210 g/mol. The molecule has 0 aliphatic heterocycles. The van der Waals surface area contributed by atoms with Crippen LogP contribution in [0.4, 0.5) is 0 Å². The third kappa shape index (κ3) is 2.70. The normalized spacial score (nSPS) is 27.1. The Morgan fingerprint density at radius 2 is 2.00 bits per heavy atom. The highest BCUT2D eigenvalue weighted by Crippen LogP contribution is 2.53. The maximum absolute atomic E-state index is 5.06. The second kappa shape index (κ2) is 5.19. The first-order chi connectivity index (χ1) is 8.19. The van der Waals surface area contributed by atoms with Crippen molar-refractivity contribution in [2.45, 2.75) is 25.7 Å². The summed E-state index contributed by atoms with van der Waals surface area (Å²) in [5.41, 5.74) is 3.20. The highest BCUT2D eigenvalue weighted by atomic mass is 16.5. The Labute approximate surface area is 104 Å². The number of hydrogen-bond acceptors (Lipinski definition) is 2. The fourth-order valence-electron chi connectivity index (χ4n) is 2.61. The predicted molar refractivity (Wildman–Crippen MR) is 71.4 cm³/mol. The number of hydrogen-bond donors (Lipinski definition) is 1. The number of aryl methyl sites for hydroxylation is 1. The molecule has 2 nitrogen and oxygen atoms in total. The van der Waals surface area contributed by atoms with E-state index in [1.807, 2.05) is 0 Å². The Morgan fingerprint density at radius 3 is 2.53 bits per heavy atom. The van der Waals surface area contributed by atoms with Crippen molar-refractivity contribution in [2.75, 3.05) is 26.8 Å². The second-order valence-electron chi connectivity index (χ2n) is 5.30. The smallest absolute Gasteiger partial charge is 0.0587 e. The highest BCUT2D eigenvalue weighted by Gasteiger charge is 2.51. The molecule has 2 rings (SSSR count). The van der Waals surface area contributed by atoms with Gasteiger partial charge in [-0.3, -0.25) is 0 Å². The van der Waals surface area contributed by atoms with Crippen LogP contribution in [0.15, 0.2) is 24.3 Å². The molecule has 0 spiro atoms. The monoisotopic (exact) mass is 233 g/mol. The lowest BCUT2D eigenvalue weighted by atomic mass is 9.92. The molecule has 2 heteroatoms. The van der Waals surface area contributed by atoms with E-state index in [1.54, 1.807) is 7.11 Å². The zero-order chi connectivity index (χ0) is 12.3. The van der Waals surface area contributed by atoms with Crippen molar-refractivity contribution < 1.29 is 4.74 Å². The minimum atomic E-state index is 0.376. The van der Waals surface area contributed by atoms with Crippen LogP contribution < -0.4 is 5.32 Å². The van der Waals surface area contributed by atoms with Gasteiger partial charge in [-0.1, -0.05) is 36.8 Å². The van der Waals surface area contributed by atoms with Crippen molar-refractivity contribution in [3.8, 4) is 0 Å². The molecule has 0 amide bonds. The third-order valence-electron chi connectivity index (χ3n) is 4.00. The van der Waals surface area contributed by atoms with Gasteiger partial charge >= 0.3 is 0 Å². The van der Waals surface area contributed by atoms with Gasteiger partial charge in [-0.25, -0.2) is 0 Å². The molecule has 1 fully saturated rings. The van der Waals surface area contributed by atoms with Gasteiger partial charge in [-0.05, 0) is 24.8 Å². The van der Waals surface area contributed by atoms with E-state index >= 15 is 0 Å². The summed E-state index contributed by atoms with van der Waals surface area (Å²) < 4.78 is 5.06. The fourth-order valence-corrected chi connectivity index (χ4v) is 2.61. The van der Waals surface area contributed by atoms with Gasteiger partial charge in [0.05, 0.1) is 6.61 Å². The summed E-state index contributed by atoms with van der Waals surface area (Å²) in [6, 6.07) is 9.02. The summed E-state index contributed by atoms with van der Waals surface area (Å²) in [7, 11) is 1.75. The van der Waals surface area contributed by atoms with Crippen LogP contribution in [-0.4, -0.2) is 26.8 Å². The van der Waals surface area contributed by atoms with E-state index in [4.69, 9.17) is 4.74 Å². The van der Waals surface area contributed by atoms with Crippen molar-refractivity contribution in [3.05, 3.63) is 35.4 Å². The number of rotatable bonds is 6. The average molecular weight is 233 g/mol. The lowest BCUT2D eigenvalue weighted by Crippen LogP contribution is -2.30. The molecule has 0 radical (unpaired) electrons. The largest absolute Gasteiger partial charge is 0.383 e. The van der Waals surface area contributed by atoms with Gasteiger partial charge in [0.25, 0.3) is 0 Å². The summed E-state index contributed by atoms with van der Waals surface area (Å²) >= 11 is 0. The lowest BCUT2D eigenvalue weighted by Gasteiger charge is -2.18. The molecule has 1 aromatic rings. The van der Waals surface area contributed by atoms with Crippen LogP contribution in [0.5, 0.6) is 0 Å². The highest BCUT2D eigenvalue weighted by molar-refractivity contribution is 5.35. The molecular formula is C15H23NO. The van der Waals surface area contributed by atoms with E-state index in [-0.39, 0.29) is 0 Å². The van der Waals surface area contributed by atoms with Crippen LogP contribution in [0, 0.1) is 12.8 Å². The quantitative estimate of drug-likeness (QED) is 0.762. The summed E-state index contributed by atoms with van der Waals surface area (Å²) in [6.07, 6.45) is 1.30. The van der Waals surface area contributed by atoms with Crippen LogP contribution in [0.25, 0.3) is 0 Å². The minimum Gasteiger partial charge on any atom is -0.383 e. The Bertz CT molecular complexity index is 360. The summed E-state index contributed by atoms with van der Waals surface area (Å²) in [5, 5.41) is 3.51. The zero-order valence-corrected chi connectivity index (χ0v) is 11.1. The summed E-state index contributed by atoms with van der Waals surface area (Å²) in [4.78, 5) is 0. The molecule has 0 aromatic heterocycles. The predicted octanol–water partition coefficient (Wildman–Crippen LogP) is 2.51. The van der Waals surface area contributed by atoms with E-state index in [1.165, 1.54) is 17.5 Å². The molecule has 0 heterocycles. The number of nitrogens with one attached hydrogen (secondary N) is 1. The summed E-state index contributed by atoms with van der Waals surface area (Å²) in [6.45, 7) is 7.29. The number of ether oxygens (including phenoxy) is 1. The van der Waals surface area contributed by atoms with Crippen LogP contribution in [0.1, 0.15) is 24.5 Å². The Morgan fingerprint density at radius 1 is 1.35 bits per heavy atom. The van der Waals surface area contributed by atoms with Crippen molar-refractivity contribution in [3.63, 3.8) is 0 Å². The van der Waals surface area contributed by atoms with Gasteiger partial charge in [0, 0.05) is 25.6 Å².